The van der Waals surface area contributed by atoms with Crippen molar-refractivity contribution in [3.63, 3.8) is 0 Å². The summed E-state index contributed by atoms with van der Waals surface area (Å²) in [6.07, 6.45) is -0.198. The molecule has 1 aliphatic rings. The molecule has 5 nitrogen and oxygen atoms in total. The second-order valence-electron chi connectivity index (χ2n) is 5.45. The van der Waals surface area contributed by atoms with Crippen molar-refractivity contribution < 1.29 is 14.7 Å². The lowest BCUT2D eigenvalue weighted by Gasteiger charge is -2.44. The Morgan fingerprint density at radius 1 is 1.42 bits per heavy atom. The van der Waals surface area contributed by atoms with E-state index in [-0.39, 0.29) is 17.9 Å². The second-order valence-corrected chi connectivity index (χ2v) is 5.45. The maximum absolute atomic E-state index is 12.1. The number of carbonyl (C=O) groups excluding carboxylic acids is 1. The van der Waals surface area contributed by atoms with Crippen LogP contribution in [0.3, 0.4) is 0 Å². The summed E-state index contributed by atoms with van der Waals surface area (Å²) < 4.78 is 0. The van der Waals surface area contributed by atoms with Crippen molar-refractivity contribution in [2.45, 2.75) is 31.8 Å². The van der Waals surface area contributed by atoms with Crippen LogP contribution in [0, 0.1) is 0 Å². The van der Waals surface area contributed by atoms with Crippen LogP contribution in [0.4, 0.5) is 5.69 Å². The maximum Gasteiger partial charge on any atom is 0.305 e. The molecule has 1 aromatic carbocycles. The highest BCUT2D eigenvalue weighted by Crippen LogP contribution is 2.25. The van der Waals surface area contributed by atoms with Crippen LogP contribution in [-0.4, -0.2) is 35.1 Å². The molecule has 5 heteroatoms. The van der Waals surface area contributed by atoms with Gasteiger partial charge in [-0.15, -0.1) is 0 Å². The first kappa shape index (κ1) is 13.4. The molecule has 102 valence electrons. The average molecular weight is 262 g/mol. The van der Waals surface area contributed by atoms with E-state index in [9.17, 15) is 9.59 Å². The van der Waals surface area contributed by atoms with Crippen molar-refractivity contribution in [1.29, 1.82) is 0 Å². The van der Waals surface area contributed by atoms with E-state index in [1.54, 1.807) is 0 Å². The summed E-state index contributed by atoms with van der Waals surface area (Å²) in [5.74, 6) is -1.21. The molecule has 0 aliphatic carbocycles. The van der Waals surface area contributed by atoms with Gasteiger partial charge in [-0.2, -0.15) is 0 Å². The number of anilines is 1. The molecular weight excluding hydrogens is 244 g/mol. The zero-order chi connectivity index (χ0) is 14.0. The number of piperazine rings is 1. The minimum atomic E-state index is -0.971. The fourth-order valence-corrected chi connectivity index (χ4v) is 2.39. The third kappa shape index (κ3) is 3.05. The quantitative estimate of drug-likeness (QED) is 0.860. The van der Waals surface area contributed by atoms with Gasteiger partial charge in [0.25, 0.3) is 0 Å². The van der Waals surface area contributed by atoms with Crippen molar-refractivity contribution in [2.75, 3.05) is 11.4 Å². The molecule has 2 rings (SSSR count). The highest BCUT2D eigenvalue weighted by molar-refractivity contribution is 5.91. The molecule has 2 N–H and O–H groups in total. The number of hydrogen-bond donors (Lipinski definition) is 2. The van der Waals surface area contributed by atoms with E-state index < -0.39 is 12.0 Å². The van der Waals surface area contributed by atoms with E-state index in [1.807, 2.05) is 49.1 Å². The van der Waals surface area contributed by atoms with Crippen LogP contribution in [0.25, 0.3) is 0 Å². The number of carboxylic acid groups (broad SMARTS) is 1. The van der Waals surface area contributed by atoms with Gasteiger partial charge in [-0.25, -0.2) is 0 Å². The van der Waals surface area contributed by atoms with Gasteiger partial charge in [-0.1, -0.05) is 18.2 Å². The number of para-hydroxylation sites is 1. The zero-order valence-electron chi connectivity index (χ0n) is 11.1. The molecule has 1 aromatic rings. The second kappa shape index (κ2) is 4.91. The lowest BCUT2D eigenvalue weighted by Crippen LogP contribution is -2.65. The Kier molecular flexibility index (Phi) is 3.46. The molecule has 1 aliphatic heterocycles. The molecule has 1 heterocycles. The lowest BCUT2D eigenvalue weighted by atomic mass is 9.96. The van der Waals surface area contributed by atoms with Crippen molar-refractivity contribution >= 4 is 17.6 Å². The van der Waals surface area contributed by atoms with E-state index in [4.69, 9.17) is 5.11 Å². The Bertz CT molecular complexity index is 485. The molecule has 1 atom stereocenters. The summed E-state index contributed by atoms with van der Waals surface area (Å²) in [7, 11) is 0. The Balaban J connectivity index is 2.33. The smallest absolute Gasteiger partial charge is 0.305 e. The molecular formula is C14H18N2O3. The largest absolute Gasteiger partial charge is 0.481 e. The van der Waals surface area contributed by atoms with E-state index >= 15 is 0 Å². The lowest BCUT2D eigenvalue weighted by molar-refractivity contribution is -0.140. The van der Waals surface area contributed by atoms with Crippen LogP contribution >= 0.6 is 0 Å². The van der Waals surface area contributed by atoms with Gasteiger partial charge < -0.3 is 15.3 Å². The monoisotopic (exact) mass is 262 g/mol. The van der Waals surface area contributed by atoms with Gasteiger partial charge in [0.15, 0.2) is 0 Å². The van der Waals surface area contributed by atoms with Crippen LogP contribution in [0.5, 0.6) is 0 Å². The third-order valence-electron chi connectivity index (χ3n) is 3.16. The number of amides is 1. The minimum absolute atomic E-state index is 0.198. The van der Waals surface area contributed by atoms with Gasteiger partial charge in [0, 0.05) is 12.2 Å². The van der Waals surface area contributed by atoms with Crippen molar-refractivity contribution in [3.05, 3.63) is 30.3 Å². The Morgan fingerprint density at radius 3 is 2.63 bits per heavy atom. The van der Waals surface area contributed by atoms with Gasteiger partial charge in [-0.05, 0) is 26.0 Å². The molecule has 1 amide bonds. The van der Waals surface area contributed by atoms with Crippen LogP contribution in [0.1, 0.15) is 20.3 Å². The Labute approximate surface area is 112 Å². The number of nitrogens with zero attached hydrogens (tertiary/aromatic N) is 1. The maximum atomic E-state index is 12.1. The first-order valence-electron chi connectivity index (χ1n) is 6.24. The van der Waals surface area contributed by atoms with Gasteiger partial charge in [-0.3, -0.25) is 9.59 Å². The van der Waals surface area contributed by atoms with E-state index in [1.165, 1.54) is 0 Å². The fraction of sp³-hybridized carbons (Fsp3) is 0.429. The first-order valence-corrected chi connectivity index (χ1v) is 6.24. The number of nitrogens with one attached hydrogen (secondary N) is 1. The normalized spacial score (nSPS) is 21.9. The summed E-state index contributed by atoms with van der Waals surface area (Å²) in [4.78, 5) is 24.9. The standard InChI is InChI=1S/C14H18N2O3/c1-14(2)9-16(10-6-4-3-5-7-10)11(8-12(17)18)13(19)15-14/h3-7,11H,8-9H2,1-2H3,(H,15,19)(H,17,18). The number of carbonyl (C=O) groups is 2. The predicted octanol–water partition coefficient (Wildman–Crippen LogP) is 1.24. The van der Waals surface area contributed by atoms with E-state index in [0.29, 0.717) is 6.54 Å². The molecule has 1 unspecified atom stereocenters. The Morgan fingerprint density at radius 2 is 2.05 bits per heavy atom. The molecule has 0 aromatic heterocycles. The van der Waals surface area contributed by atoms with Crippen LogP contribution in [0.2, 0.25) is 0 Å². The minimum Gasteiger partial charge on any atom is -0.481 e. The average Bonchev–Trinajstić information content (AvgIpc) is 2.32. The van der Waals surface area contributed by atoms with Crippen LogP contribution < -0.4 is 10.2 Å². The zero-order valence-corrected chi connectivity index (χ0v) is 11.1. The number of benzene rings is 1. The topological polar surface area (TPSA) is 69.6 Å². The molecule has 0 saturated carbocycles. The first-order chi connectivity index (χ1) is 8.89. The summed E-state index contributed by atoms with van der Waals surface area (Å²) >= 11 is 0. The number of rotatable bonds is 3. The highest BCUT2D eigenvalue weighted by Gasteiger charge is 2.39. The van der Waals surface area contributed by atoms with Crippen molar-refractivity contribution in [3.8, 4) is 0 Å². The Hall–Kier alpha value is -2.04. The van der Waals surface area contributed by atoms with E-state index in [2.05, 4.69) is 5.32 Å². The fourth-order valence-electron chi connectivity index (χ4n) is 2.39. The molecule has 0 spiro atoms. The molecule has 0 bridgehead atoms. The van der Waals surface area contributed by atoms with Gasteiger partial charge >= 0.3 is 5.97 Å². The molecule has 0 radical (unpaired) electrons. The molecule has 1 saturated heterocycles. The van der Waals surface area contributed by atoms with E-state index in [0.717, 1.165) is 5.69 Å². The molecule has 19 heavy (non-hydrogen) atoms. The third-order valence-corrected chi connectivity index (χ3v) is 3.16. The van der Waals surface area contributed by atoms with Crippen LogP contribution in [-0.2, 0) is 9.59 Å². The predicted molar refractivity (Wildman–Crippen MR) is 72.1 cm³/mol. The SMILES string of the molecule is CC1(C)CN(c2ccccc2)C(CC(=O)O)C(=O)N1. The number of aliphatic carboxylic acids is 1. The number of hydrogen-bond acceptors (Lipinski definition) is 3. The van der Waals surface area contributed by atoms with Crippen molar-refractivity contribution in [2.24, 2.45) is 0 Å². The highest BCUT2D eigenvalue weighted by atomic mass is 16.4. The van der Waals surface area contributed by atoms with Crippen LogP contribution in [0.15, 0.2) is 30.3 Å². The molecule has 1 fully saturated rings. The van der Waals surface area contributed by atoms with Gasteiger partial charge in [0.1, 0.15) is 6.04 Å². The van der Waals surface area contributed by atoms with Crippen molar-refractivity contribution in [1.82, 2.24) is 5.32 Å². The summed E-state index contributed by atoms with van der Waals surface area (Å²) in [6, 6.07) is 8.78. The van der Waals surface area contributed by atoms with Gasteiger partial charge in [0.2, 0.25) is 5.91 Å². The summed E-state index contributed by atoms with van der Waals surface area (Å²) in [5.41, 5.74) is 0.499. The summed E-state index contributed by atoms with van der Waals surface area (Å²) in [5, 5.41) is 11.8. The number of carboxylic acids is 1. The van der Waals surface area contributed by atoms with Gasteiger partial charge in [0.05, 0.1) is 12.0 Å². The summed E-state index contributed by atoms with van der Waals surface area (Å²) in [6.45, 7) is 4.44.